The minimum absolute atomic E-state index is 0.487. The molecule has 0 radical (unpaired) electrons. The van der Waals surface area contributed by atoms with Gasteiger partial charge in [0, 0.05) is 11.4 Å². The summed E-state index contributed by atoms with van der Waals surface area (Å²) in [7, 11) is 1.62. The Morgan fingerprint density at radius 1 is 1.15 bits per heavy atom. The monoisotopic (exact) mass is 290 g/mol. The number of hydrogen-bond donors (Lipinski definition) is 1. The lowest BCUT2D eigenvalue weighted by Gasteiger charge is -2.16. The van der Waals surface area contributed by atoms with Crippen LogP contribution in [0.2, 0.25) is 5.02 Å². The number of benzene rings is 2. The number of hydrogen-bond acceptors (Lipinski definition) is 2. The van der Waals surface area contributed by atoms with Crippen LogP contribution in [-0.4, -0.2) is 12.2 Å². The fourth-order valence-electron chi connectivity index (χ4n) is 2.41. The van der Waals surface area contributed by atoms with Crippen molar-refractivity contribution in [3.05, 3.63) is 64.2 Å². The van der Waals surface area contributed by atoms with Gasteiger partial charge in [-0.15, -0.1) is 0 Å². The van der Waals surface area contributed by atoms with Crippen LogP contribution in [0.25, 0.3) is 0 Å². The molecule has 0 aliphatic heterocycles. The van der Waals surface area contributed by atoms with E-state index >= 15 is 0 Å². The molecule has 1 atom stereocenters. The van der Waals surface area contributed by atoms with E-state index in [0.29, 0.717) is 11.4 Å². The molecule has 0 aliphatic carbocycles. The number of halogens is 1. The van der Waals surface area contributed by atoms with Gasteiger partial charge in [-0.05, 0) is 41.3 Å². The van der Waals surface area contributed by atoms with Crippen LogP contribution in [0.15, 0.2) is 42.5 Å². The van der Waals surface area contributed by atoms with Crippen LogP contribution in [0.4, 0.5) is 0 Å². The molecule has 2 aromatic rings. The largest absolute Gasteiger partial charge is 0.496 e. The molecule has 20 heavy (non-hydrogen) atoms. The van der Waals surface area contributed by atoms with E-state index in [-0.39, 0.29) is 0 Å². The minimum Gasteiger partial charge on any atom is -0.496 e. The van der Waals surface area contributed by atoms with Crippen molar-refractivity contribution in [2.24, 2.45) is 0 Å². The van der Waals surface area contributed by atoms with E-state index < -0.39 is 6.10 Å². The SMILES string of the molecule is CCc1ccccc1C(O)Cc1cc(Cl)ccc1OC. The normalized spacial score (nSPS) is 12.2. The summed E-state index contributed by atoms with van der Waals surface area (Å²) in [5.74, 6) is 0.752. The molecule has 0 saturated heterocycles. The van der Waals surface area contributed by atoms with Crippen LogP contribution in [0.5, 0.6) is 5.75 Å². The zero-order chi connectivity index (χ0) is 14.5. The molecule has 2 nitrogen and oxygen atoms in total. The lowest BCUT2D eigenvalue weighted by molar-refractivity contribution is 0.176. The quantitative estimate of drug-likeness (QED) is 0.895. The Kier molecular flexibility index (Phi) is 5.05. The Bertz CT molecular complexity index is 581. The standard InChI is InChI=1S/C17H19ClO2/c1-3-12-6-4-5-7-15(12)16(19)11-13-10-14(18)8-9-17(13)20-2/h4-10,16,19H,3,11H2,1-2H3. The third-order valence-electron chi connectivity index (χ3n) is 3.45. The van der Waals surface area contributed by atoms with Gasteiger partial charge in [-0.2, -0.15) is 0 Å². The molecule has 0 fully saturated rings. The van der Waals surface area contributed by atoms with Gasteiger partial charge in [-0.1, -0.05) is 42.8 Å². The second-order valence-corrected chi connectivity index (χ2v) is 5.16. The summed E-state index contributed by atoms with van der Waals surface area (Å²) in [6.45, 7) is 2.09. The van der Waals surface area contributed by atoms with Crippen LogP contribution < -0.4 is 4.74 Å². The van der Waals surface area contributed by atoms with Gasteiger partial charge in [-0.25, -0.2) is 0 Å². The second kappa shape index (κ2) is 6.78. The summed E-state index contributed by atoms with van der Waals surface area (Å²) in [6, 6.07) is 13.4. The summed E-state index contributed by atoms with van der Waals surface area (Å²) in [6.07, 6.45) is 0.833. The van der Waals surface area contributed by atoms with Crippen molar-refractivity contribution in [2.45, 2.75) is 25.9 Å². The van der Waals surface area contributed by atoms with Gasteiger partial charge in [0.25, 0.3) is 0 Å². The summed E-state index contributed by atoms with van der Waals surface area (Å²) in [4.78, 5) is 0. The highest BCUT2D eigenvalue weighted by molar-refractivity contribution is 6.30. The van der Waals surface area contributed by atoms with Crippen molar-refractivity contribution in [1.29, 1.82) is 0 Å². The van der Waals surface area contributed by atoms with Gasteiger partial charge in [-0.3, -0.25) is 0 Å². The first-order valence-electron chi connectivity index (χ1n) is 6.74. The third-order valence-corrected chi connectivity index (χ3v) is 3.69. The lowest BCUT2D eigenvalue weighted by Crippen LogP contribution is -2.06. The van der Waals surface area contributed by atoms with Crippen molar-refractivity contribution in [2.75, 3.05) is 7.11 Å². The number of aliphatic hydroxyl groups is 1. The highest BCUT2D eigenvalue weighted by Crippen LogP contribution is 2.29. The molecule has 0 saturated carbocycles. The Balaban J connectivity index is 2.27. The highest BCUT2D eigenvalue weighted by atomic mass is 35.5. The molecule has 3 heteroatoms. The molecule has 0 heterocycles. The first kappa shape index (κ1) is 14.9. The van der Waals surface area contributed by atoms with E-state index in [9.17, 15) is 5.11 Å². The molecule has 106 valence electrons. The fraction of sp³-hybridized carbons (Fsp3) is 0.294. The second-order valence-electron chi connectivity index (χ2n) is 4.73. The van der Waals surface area contributed by atoms with Crippen LogP contribution in [0.3, 0.4) is 0 Å². The molecule has 0 spiro atoms. The summed E-state index contributed by atoms with van der Waals surface area (Å²) in [5, 5.41) is 11.1. The number of ether oxygens (including phenoxy) is 1. The smallest absolute Gasteiger partial charge is 0.122 e. The maximum atomic E-state index is 10.5. The van der Waals surface area contributed by atoms with Crippen molar-refractivity contribution in [1.82, 2.24) is 0 Å². The molecule has 0 aliphatic rings. The van der Waals surface area contributed by atoms with Crippen molar-refractivity contribution < 1.29 is 9.84 Å². The van der Waals surface area contributed by atoms with Gasteiger partial charge in [0.1, 0.15) is 5.75 Å². The van der Waals surface area contributed by atoms with Crippen LogP contribution >= 0.6 is 11.6 Å². The summed E-state index contributed by atoms with van der Waals surface area (Å²) >= 11 is 6.02. The third kappa shape index (κ3) is 3.33. The molecule has 2 rings (SSSR count). The molecular weight excluding hydrogens is 272 g/mol. The lowest BCUT2D eigenvalue weighted by atomic mass is 9.95. The van der Waals surface area contributed by atoms with Crippen LogP contribution in [-0.2, 0) is 12.8 Å². The maximum Gasteiger partial charge on any atom is 0.122 e. The number of methoxy groups -OCH3 is 1. The highest BCUT2D eigenvalue weighted by Gasteiger charge is 2.14. The van der Waals surface area contributed by atoms with E-state index in [1.54, 1.807) is 13.2 Å². The summed E-state index contributed by atoms with van der Waals surface area (Å²) in [5.41, 5.74) is 3.05. The van der Waals surface area contributed by atoms with Crippen LogP contribution in [0.1, 0.15) is 29.7 Å². The fourth-order valence-corrected chi connectivity index (χ4v) is 2.60. The maximum absolute atomic E-state index is 10.5. The molecule has 1 unspecified atom stereocenters. The number of aryl methyl sites for hydroxylation is 1. The van der Waals surface area contributed by atoms with Crippen molar-refractivity contribution in [3.8, 4) is 5.75 Å². The first-order valence-corrected chi connectivity index (χ1v) is 7.11. The van der Waals surface area contributed by atoms with E-state index in [0.717, 1.165) is 23.3 Å². The van der Waals surface area contributed by atoms with E-state index in [1.165, 1.54) is 5.56 Å². The molecule has 0 bridgehead atoms. The predicted octanol–water partition coefficient (Wildman–Crippen LogP) is 4.19. The number of aliphatic hydroxyl groups excluding tert-OH is 1. The molecular formula is C17H19ClO2. The van der Waals surface area contributed by atoms with Gasteiger partial charge >= 0.3 is 0 Å². The Morgan fingerprint density at radius 2 is 1.90 bits per heavy atom. The summed E-state index contributed by atoms with van der Waals surface area (Å²) < 4.78 is 5.32. The van der Waals surface area contributed by atoms with Gasteiger partial charge in [0.05, 0.1) is 13.2 Å². The molecule has 2 aromatic carbocycles. The Morgan fingerprint density at radius 3 is 2.60 bits per heavy atom. The van der Waals surface area contributed by atoms with Gasteiger partial charge in [0.2, 0.25) is 0 Å². The first-order chi connectivity index (χ1) is 9.65. The Hall–Kier alpha value is -1.51. The molecule has 0 aromatic heterocycles. The predicted molar refractivity (Wildman–Crippen MR) is 82.5 cm³/mol. The average Bonchev–Trinajstić information content (AvgIpc) is 2.47. The molecule has 0 amide bonds. The van der Waals surface area contributed by atoms with Gasteiger partial charge in [0.15, 0.2) is 0 Å². The zero-order valence-electron chi connectivity index (χ0n) is 11.8. The van der Waals surface area contributed by atoms with Crippen molar-refractivity contribution in [3.63, 3.8) is 0 Å². The average molecular weight is 291 g/mol. The van der Waals surface area contributed by atoms with E-state index in [4.69, 9.17) is 16.3 Å². The van der Waals surface area contributed by atoms with Gasteiger partial charge < -0.3 is 9.84 Å². The van der Waals surface area contributed by atoms with E-state index in [1.807, 2.05) is 36.4 Å². The molecule has 1 N–H and O–H groups in total. The topological polar surface area (TPSA) is 29.5 Å². The Labute approximate surface area is 125 Å². The van der Waals surface area contributed by atoms with Crippen LogP contribution in [0, 0.1) is 0 Å². The zero-order valence-corrected chi connectivity index (χ0v) is 12.5. The number of rotatable bonds is 5. The minimum atomic E-state index is -0.557. The van der Waals surface area contributed by atoms with E-state index in [2.05, 4.69) is 6.92 Å². The van der Waals surface area contributed by atoms with Crippen molar-refractivity contribution >= 4 is 11.6 Å².